The second-order valence-electron chi connectivity index (χ2n) is 7.04. The number of ether oxygens (including phenoxy) is 3. The summed E-state index contributed by atoms with van der Waals surface area (Å²) in [4.78, 5) is 10.8. The van der Waals surface area contributed by atoms with E-state index >= 15 is 0 Å². The van der Waals surface area contributed by atoms with E-state index in [2.05, 4.69) is 14.9 Å². The lowest BCUT2D eigenvalue weighted by molar-refractivity contribution is -0.0130. The van der Waals surface area contributed by atoms with Gasteiger partial charge in [-0.15, -0.1) is 0 Å². The molecule has 2 atom stereocenters. The van der Waals surface area contributed by atoms with Crippen LogP contribution in [-0.4, -0.2) is 55.1 Å². The van der Waals surface area contributed by atoms with Gasteiger partial charge in [0, 0.05) is 32.2 Å². The zero-order valence-electron chi connectivity index (χ0n) is 13.7. The molecule has 1 saturated carbocycles. The average molecular weight is 319 g/mol. The summed E-state index contributed by atoms with van der Waals surface area (Å²) in [7, 11) is 1.63. The van der Waals surface area contributed by atoms with Crippen molar-refractivity contribution >= 4 is 5.82 Å². The van der Waals surface area contributed by atoms with E-state index in [1.165, 1.54) is 12.8 Å². The summed E-state index contributed by atoms with van der Waals surface area (Å²) in [6, 6.07) is 1.90. The van der Waals surface area contributed by atoms with Gasteiger partial charge in [-0.25, -0.2) is 9.97 Å². The van der Waals surface area contributed by atoms with Crippen LogP contribution in [0.25, 0.3) is 0 Å². The van der Waals surface area contributed by atoms with Crippen molar-refractivity contribution in [2.24, 2.45) is 5.92 Å². The maximum absolute atomic E-state index is 6.21. The predicted molar refractivity (Wildman–Crippen MR) is 85.8 cm³/mol. The smallest absolute Gasteiger partial charge is 0.218 e. The Bertz CT molecular complexity index is 552. The summed E-state index contributed by atoms with van der Waals surface area (Å²) in [5, 5.41) is 0. The summed E-state index contributed by atoms with van der Waals surface area (Å²) in [5.41, 5.74) is -0.0787. The number of rotatable bonds is 5. The van der Waals surface area contributed by atoms with Crippen molar-refractivity contribution in [3.63, 3.8) is 0 Å². The van der Waals surface area contributed by atoms with Crippen LogP contribution in [0, 0.1) is 5.92 Å². The van der Waals surface area contributed by atoms with Crippen molar-refractivity contribution in [3.05, 3.63) is 12.4 Å². The van der Waals surface area contributed by atoms with E-state index in [-0.39, 0.29) is 11.7 Å². The average Bonchev–Trinajstić information content (AvgIpc) is 3.35. The predicted octanol–water partition coefficient (Wildman–Crippen LogP) is 2.04. The fraction of sp³-hybridized carbons (Fsp3) is 0.765. The number of anilines is 1. The molecule has 3 aliphatic rings. The lowest BCUT2D eigenvalue weighted by atomic mass is 9.89. The second-order valence-corrected chi connectivity index (χ2v) is 7.04. The van der Waals surface area contributed by atoms with E-state index < -0.39 is 0 Å². The standard InChI is InChI=1S/C17H25N3O3/c1-21-16-7-15(18-12-19-16)20-6-2-5-17(11-20)8-14(10-23-17)22-9-13-3-4-13/h7,12-14H,2-6,8-11H2,1H3/t14-,17+/m1/s1. The molecule has 1 aromatic heterocycles. The second kappa shape index (κ2) is 6.24. The first-order chi connectivity index (χ1) is 11.3. The van der Waals surface area contributed by atoms with Crippen LogP contribution in [0.3, 0.4) is 0 Å². The van der Waals surface area contributed by atoms with Crippen LogP contribution in [0.5, 0.6) is 5.88 Å². The van der Waals surface area contributed by atoms with E-state index in [1.54, 1.807) is 13.4 Å². The molecule has 1 aromatic rings. The Hall–Kier alpha value is -1.40. The normalized spacial score (nSPS) is 30.8. The van der Waals surface area contributed by atoms with Crippen molar-refractivity contribution in [1.82, 2.24) is 9.97 Å². The Balaban J connectivity index is 1.40. The van der Waals surface area contributed by atoms with Gasteiger partial charge in [0.25, 0.3) is 0 Å². The van der Waals surface area contributed by atoms with Crippen molar-refractivity contribution in [3.8, 4) is 5.88 Å². The van der Waals surface area contributed by atoms with Gasteiger partial charge < -0.3 is 19.1 Å². The molecule has 0 aromatic carbocycles. The van der Waals surface area contributed by atoms with E-state index in [0.29, 0.717) is 5.88 Å². The minimum absolute atomic E-state index is 0.0787. The van der Waals surface area contributed by atoms with Crippen molar-refractivity contribution in [2.75, 3.05) is 38.3 Å². The van der Waals surface area contributed by atoms with Gasteiger partial charge in [-0.05, 0) is 31.6 Å². The molecule has 0 radical (unpaired) electrons. The molecule has 0 unspecified atom stereocenters. The van der Waals surface area contributed by atoms with Gasteiger partial charge in [0.2, 0.25) is 5.88 Å². The van der Waals surface area contributed by atoms with Gasteiger partial charge in [0.15, 0.2) is 0 Å². The van der Waals surface area contributed by atoms with Crippen LogP contribution in [-0.2, 0) is 9.47 Å². The molecule has 0 N–H and O–H groups in total. The fourth-order valence-electron chi connectivity index (χ4n) is 3.66. The lowest BCUT2D eigenvalue weighted by Crippen LogP contribution is -2.48. The van der Waals surface area contributed by atoms with E-state index in [9.17, 15) is 0 Å². The highest BCUT2D eigenvalue weighted by Gasteiger charge is 2.44. The van der Waals surface area contributed by atoms with E-state index in [1.807, 2.05) is 6.07 Å². The van der Waals surface area contributed by atoms with Gasteiger partial charge in [-0.3, -0.25) is 0 Å². The SMILES string of the molecule is COc1cc(N2CCC[C@]3(C[C@@H](OCC4CC4)CO3)C2)ncn1. The molecule has 3 fully saturated rings. The van der Waals surface area contributed by atoms with Crippen LogP contribution in [0.1, 0.15) is 32.1 Å². The zero-order valence-corrected chi connectivity index (χ0v) is 13.7. The topological polar surface area (TPSA) is 56.7 Å². The molecule has 1 spiro atoms. The maximum Gasteiger partial charge on any atom is 0.218 e. The third kappa shape index (κ3) is 3.43. The van der Waals surface area contributed by atoms with Crippen molar-refractivity contribution in [2.45, 2.75) is 43.8 Å². The Labute approximate surface area is 137 Å². The third-order valence-electron chi connectivity index (χ3n) is 5.14. The monoisotopic (exact) mass is 319 g/mol. The first-order valence-corrected chi connectivity index (χ1v) is 8.63. The Morgan fingerprint density at radius 1 is 1.39 bits per heavy atom. The molecule has 4 rings (SSSR count). The van der Waals surface area contributed by atoms with E-state index in [4.69, 9.17) is 14.2 Å². The lowest BCUT2D eigenvalue weighted by Gasteiger charge is -2.40. The minimum atomic E-state index is -0.0787. The van der Waals surface area contributed by atoms with Crippen LogP contribution in [0.2, 0.25) is 0 Å². The molecule has 1 aliphatic carbocycles. The maximum atomic E-state index is 6.21. The molecular formula is C17H25N3O3. The van der Waals surface area contributed by atoms with Gasteiger partial charge in [-0.2, -0.15) is 0 Å². The number of methoxy groups -OCH3 is 1. The van der Waals surface area contributed by atoms with Crippen LogP contribution in [0.15, 0.2) is 12.4 Å². The van der Waals surface area contributed by atoms with Gasteiger partial charge in [0.1, 0.15) is 12.1 Å². The summed E-state index contributed by atoms with van der Waals surface area (Å²) < 4.78 is 17.5. The third-order valence-corrected chi connectivity index (χ3v) is 5.14. The highest BCUT2D eigenvalue weighted by Crippen LogP contribution is 2.38. The quantitative estimate of drug-likeness (QED) is 0.828. The first-order valence-electron chi connectivity index (χ1n) is 8.63. The minimum Gasteiger partial charge on any atom is -0.481 e. The Morgan fingerprint density at radius 2 is 2.30 bits per heavy atom. The van der Waals surface area contributed by atoms with Crippen LogP contribution in [0.4, 0.5) is 5.82 Å². The largest absolute Gasteiger partial charge is 0.481 e. The first kappa shape index (κ1) is 15.1. The molecule has 0 amide bonds. The van der Waals surface area contributed by atoms with Crippen LogP contribution >= 0.6 is 0 Å². The molecule has 126 valence electrons. The molecule has 6 nitrogen and oxygen atoms in total. The molecule has 2 aliphatic heterocycles. The van der Waals surface area contributed by atoms with Crippen LogP contribution < -0.4 is 9.64 Å². The van der Waals surface area contributed by atoms with Crippen molar-refractivity contribution in [1.29, 1.82) is 0 Å². The fourth-order valence-corrected chi connectivity index (χ4v) is 3.66. The Morgan fingerprint density at radius 3 is 3.13 bits per heavy atom. The molecular weight excluding hydrogens is 294 g/mol. The van der Waals surface area contributed by atoms with Crippen molar-refractivity contribution < 1.29 is 14.2 Å². The van der Waals surface area contributed by atoms with Gasteiger partial charge in [-0.1, -0.05) is 0 Å². The zero-order chi connectivity index (χ0) is 15.7. The van der Waals surface area contributed by atoms with Gasteiger partial charge >= 0.3 is 0 Å². The number of nitrogens with zero attached hydrogens (tertiary/aromatic N) is 3. The summed E-state index contributed by atoms with van der Waals surface area (Å²) >= 11 is 0. The van der Waals surface area contributed by atoms with E-state index in [0.717, 1.165) is 57.3 Å². The number of hydrogen-bond donors (Lipinski definition) is 0. The molecule has 0 bridgehead atoms. The van der Waals surface area contributed by atoms with Gasteiger partial charge in [0.05, 0.1) is 25.4 Å². The molecule has 2 saturated heterocycles. The highest BCUT2D eigenvalue weighted by atomic mass is 16.6. The Kier molecular flexibility index (Phi) is 4.11. The number of piperidine rings is 1. The summed E-state index contributed by atoms with van der Waals surface area (Å²) in [5.74, 6) is 2.33. The summed E-state index contributed by atoms with van der Waals surface area (Å²) in [6.45, 7) is 3.51. The molecule has 3 heterocycles. The highest BCUT2D eigenvalue weighted by molar-refractivity contribution is 5.42. The number of aromatic nitrogens is 2. The number of hydrogen-bond acceptors (Lipinski definition) is 6. The molecule has 23 heavy (non-hydrogen) atoms. The summed E-state index contributed by atoms with van der Waals surface area (Å²) in [6.07, 6.45) is 7.71. The molecule has 6 heteroatoms.